The number of rotatable bonds is 6. The van der Waals surface area contributed by atoms with Crippen LogP contribution in [0.2, 0.25) is 0 Å². The number of hydrogen-bond donors (Lipinski definition) is 0. The molecule has 0 aliphatic carbocycles. The summed E-state index contributed by atoms with van der Waals surface area (Å²) in [6.45, 7) is 4.23. The second kappa shape index (κ2) is 9.34. The molecular weight excluding hydrogens is 412 g/mol. The van der Waals surface area contributed by atoms with Crippen molar-refractivity contribution in [3.63, 3.8) is 0 Å². The van der Waals surface area contributed by atoms with E-state index in [1.807, 2.05) is 54.8 Å². The lowest BCUT2D eigenvalue weighted by Gasteiger charge is -2.30. The first-order valence-electron chi connectivity index (χ1n) is 10.2. The zero-order valence-electron chi connectivity index (χ0n) is 17.7. The highest BCUT2D eigenvalue weighted by atomic mass is 32.2. The number of benzene rings is 2. The second-order valence-electron chi connectivity index (χ2n) is 7.07. The van der Waals surface area contributed by atoms with Crippen LogP contribution < -0.4 is 14.4 Å². The number of hydrogen-bond acceptors (Lipinski definition) is 7. The van der Waals surface area contributed by atoms with Crippen molar-refractivity contribution in [1.29, 1.82) is 0 Å². The minimum atomic E-state index is -0.760. The van der Waals surface area contributed by atoms with E-state index in [0.717, 1.165) is 24.0 Å². The van der Waals surface area contributed by atoms with Crippen molar-refractivity contribution in [2.24, 2.45) is 0 Å². The number of ether oxygens (including phenoxy) is 2. The molecule has 0 radical (unpaired) electrons. The normalized spacial score (nSPS) is 14.8. The fraction of sp³-hybridized carbons (Fsp3) is 0.304. The highest BCUT2D eigenvalue weighted by Crippen LogP contribution is 2.44. The Kier molecular flexibility index (Phi) is 6.36. The van der Waals surface area contributed by atoms with Crippen LogP contribution in [-0.2, 0) is 4.79 Å². The maximum Gasteiger partial charge on any atom is 0.247 e. The topological polar surface area (TPSA) is 77.4 Å². The molecule has 3 aromatic rings. The third kappa shape index (κ3) is 4.20. The summed E-state index contributed by atoms with van der Waals surface area (Å²) >= 11 is 1.38. The van der Waals surface area contributed by atoms with Crippen LogP contribution in [0.4, 0.5) is 5.69 Å². The van der Waals surface area contributed by atoms with E-state index in [4.69, 9.17) is 9.47 Å². The molecule has 1 aliphatic rings. The molecule has 4 rings (SSSR count). The lowest BCUT2D eigenvalue weighted by atomic mass is 10.1. The van der Waals surface area contributed by atoms with Crippen molar-refractivity contribution >= 4 is 23.4 Å². The average Bonchev–Trinajstić information content (AvgIpc) is 2.93. The molecule has 160 valence electrons. The summed E-state index contributed by atoms with van der Waals surface area (Å²) in [4.78, 5) is 19.1. The van der Waals surface area contributed by atoms with Crippen molar-refractivity contribution in [2.45, 2.75) is 38.1 Å². The van der Waals surface area contributed by atoms with E-state index < -0.39 is 6.23 Å². The Hall–Kier alpha value is -3.13. The number of fused-ring (bicyclic) bond motifs is 3. The summed E-state index contributed by atoms with van der Waals surface area (Å²) in [6.07, 6.45) is 3.09. The maximum atomic E-state index is 12.9. The molecule has 0 bridgehead atoms. The van der Waals surface area contributed by atoms with E-state index in [2.05, 4.69) is 22.1 Å². The van der Waals surface area contributed by atoms with Crippen LogP contribution in [0.5, 0.6) is 11.6 Å². The molecular formula is C23H24N4O3S. The van der Waals surface area contributed by atoms with E-state index in [9.17, 15) is 4.79 Å². The number of carbonyl (C=O) groups excluding carboxylic acids is 1. The van der Waals surface area contributed by atoms with E-state index in [1.54, 1.807) is 4.90 Å². The fourth-order valence-electron chi connectivity index (χ4n) is 3.48. The Morgan fingerprint density at radius 2 is 1.94 bits per heavy atom. The number of nitrogens with zero attached hydrogens (tertiary/aromatic N) is 4. The number of aromatic nitrogens is 3. The number of thioether (sulfide) groups is 1. The number of amides is 1. The monoisotopic (exact) mass is 436 g/mol. The van der Waals surface area contributed by atoms with Crippen molar-refractivity contribution < 1.29 is 14.3 Å². The van der Waals surface area contributed by atoms with Crippen LogP contribution in [0.15, 0.2) is 53.7 Å². The molecule has 31 heavy (non-hydrogen) atoms. The molecule has 1 aromatic heterocycles. The molecule has 0 fully saturated rings. The quantitative estimate of drug-likeness (QED) is 0.402. The fourth-order valence-corrected chi connectivity index (χ4v) is 3.78. The minimum Gasteiger partial charge on any atom is -0.493 e. The van der Waals surface area contributed by atoms with Crippen LogP contribution >= 0.6 is 11.8 Å². The summed E-state index contributed by atoms with van der Waals surface area (Å²) in [5, 5.41) is 9.05. The highest BCUT2D eigenvalue weighted by molar-refractivity contribution is 7.98. The zero-order valence-corrected chi connectivity index (χ0v) is 18.6. The Morgan fingerprint density at radius 3 is 2.71 bits per heavy atom. The molecule has 2 heterocycles. The van der Waals surface area contributed by atoms with Gasteiger partial charge in [0, 0.05) is 12.5 Å². The largest absolute Gasteiger partial charge is 0.493 e. The first-order valence-corrected chi connectivity index (χ1v) is 11.4. The molecule has 1 aliphatic heterocycles. The minimum absolute atomic E-state index is 0.160. The van der Waals surface area contributed by atoms with Gasteiger partial charge in [-0.3, -0.25) is 9.69 Å². The van der Waals surface area contributed by atoms with E-state index >= 15 is 0 Å². The first kappa shape index (κ1) is 21.1. The molecule has 0 saturated carbocycles. The molecule has 0 saturated heterocycles. The lowest BCUT2D eigenvalue weighted by molar-refractivity contribution is -0.118. The van der Waals surface area contributed by atoms with Gasteiger partial charge >= 0.3 is 0 Å². The van der Waals surface area contributed by atoms with Crippen LogP contribution in [0.25, 0.3) is 11.3 Å². The van der Waals surface area contributed by atoms with Crippen molar-refractivity contribution in [3.8, 4) is 22.9 Å². The summed E-state index contributed by atoms with van der Waals surface area (Å²) < 4.78 is 12.4. The molecule has 1 atom stereocenters. The lowest BCUT2D eigenvalue weighted by Crippen LogP contribution is -2.36. The van der Waals surface area contributed by atoms with Gasteiger partial charge < -0.3 is 9.47 Å². The third-order valence-corrected chi connectivity index (χ3v) is 5.51. The average molecular weight is 437 g/mol. The third-order valence-electron chi connectivity index (χ3n) is 4.97. The van der Waals surface area contributed by atoms with Crippen LogP contribution in [-0.4, -0.2) is 34.0 Å². The van der Waals surface area contributed by atoms with Gasteiger partial charge in [0.05, 0.1) is 17.9 Å². The van der Waals surface area contributed by atoms with Gasteiger partial charge in [0.1, 0.15) is 5.75 Å². The van der Waals surface area contributed by atoms with Crippen LogP contribution in [0.3, 0.4) is 0 Å². The Balaban J connectivity index is 1.89. The van der Waals surface area contributed by atoms with Gasteiger partial charge in [-0.25, -0.2) is 0 Å². The van der Waals surface area contributed by atoms with Crippen LogP contribution in [0.1, 0.15) is 38.5 Å². The zero-order chi connectivity index (χ0) is 21.8. The number of para-hydroxylation sites is 2. The van der Waals surface area contributed by atoms with Gasteiger partial charge in [0.25, 0.3) is 0 Å². The predicted molar refractivity (Wildman–Crippen MR) is 120 cm³/mol. The van der Waals surface area contributed by atoms with Gasteiger partial charge in [-0.05, 0) is 30.9 Å². The molecule has 1 amide bonds. The molecule has 0 N–H and O–H groups in total. The molecule has 2 aromatic carbocycles. The highest BCUT2D eigenvalue weighted by Gasteiger charge is 2.35. The van der Waals surface area contributed by atoms with Gasteiger partial charge in [-0.2, -0.15) is 4.98 Å². The Morgan fingerprint density at radius 1 is 1.16 bits per heavy atom. The second-order valence-corrected chi connectivity index (χ2v) is 7.84. The molecule has 7 nitrogen and oxygen atoms in total. The van der Waals surface area contributed by atoms with E-state index in [0.29, 0.717) is 34.8 Å². The van der Waals surface area contributed by atoms with Crippen LogP contribution in [0, 0.1) is 0 Å². The van der Waals surface area contributed by atoms with Gasteiger partial charge in [0.15, 0.2) is 5.69 Å². The molecule has 8 heteroatoms. The van der Waals surface area contributed by atoms with Crippen molar-refractivity contribution in [3.05, 3.63) is 54.1 Å². The standard InChI is InChI=1S/C23H24N4O3S/c1-4-5-14-29-19-13-9-7-11-17(19)22-27(15(2)28)18-12-8-6-10-16(18)20-21(30-22)24-23(31-3)26-25-20/h6-13,22H,4-5,14H2,1-3H3/t22-/m0/s1. The summed E-state index contributed by atoms with van der Waals surface area (Å²) in [6, 6.07) is 15.2. The van der Waals surface area contributed by atoms with Gasteiger partial charge in [0.2, 0.25) is 23.2 Å². The number of unbranched alkanes of at least 4 members (excludes halogenated alkanes) is 1. The van der Waals surface area contributed by atoms with E-state index in [-0.39, 0.29) is 5.91 Å². The van der Waals surface area contributed by atoms with Gasteiger partial charge in [-0.1, -0.05) is 55.4 Å². The smallest absolute Gasteiger partial charge is 0.247 e. The summed E-state index contributed by atoms with van der Waals surface area (Å²) in [5.74, 6) is 0.857. The SMILES string of the molecule is CCCCOc1ccccc1[C@@H]1Oc2nc(SC)nnc2-c2ccccc2N1C(C)=O. The van der Waals surface area contributed by atoms with Gasteiger partial charge in [-0.15, -0.1) is 10.2 Å². The molecule has 0 unspecified atom stereocenters. The summed E-state index contributed by atoms with van der Waals surface area (Å²) in [7, 11) is 0. The van der Waals surface area contributed by atoms with E-state index in [1.165, 1.54) is 18.7 Å². The molecule has 0 spiro atoms. The number of carbonyl (C=O) groups is 1. The Labute approximate surface area is 185 Å². The summed E-state index contributed by atoms with van der Waals surface area (Å²) in [5.41, 5.74) is 2.69. The number of anilines is 1. The first-order chi connectivity index (χ1) is 15.1. The van der Waals surface area contributed by atoms with Crippen molar-refractivity contribution in [2.75, 3.05) is 17.8 Å². The predicted octanol–water partition coefficient (Wildman–Crippen LogP) is 4.88. The maximum absolute atomic E-state index is 12.9. The Bertz CT molecular complexity index is 1090. The van der Waals surface area contributed by atoms with Crippen molar-refractivity contribution in [1.82, 2.24) is 15.2 Å².